The molecule has 1 aliphatic rings. The van der Waals surface area contributed by atoms with Gasteiger partial charge in [0.1, 0.15) is 5.75 Å². The molecule has 4 nitrogen and oxygen atoms in total. The van der Waals surface area contributed by atoms with Crippen LogP contribution in [0.3, 0.4) is 0 Å². The fourth-order valence-corrected chi connectivity index (χ4v) is 3.72. The number of hydrogen-bond acceptors (Lipinski definition) is 4. The zero-order chi connectivity index (χ0) is 15.4. The topological polar surface area (TPSA) is 62.2 Å². The van der Waals surface area contributed by atoms with Crippen LogP contribution in [0.1, 0.15) is 43.6 Å². The standard InChI is InChI=1S/C17H20N2O2S/c20-14-7-3-6-13(11-14)15(10-12-4-1-2-5-12)16(21)19-17-18-8-9-22-17/h3,6-9,11-12,15,20H,1-2,4-5,10H2,(H,18,19,21). The van der Waals surface area contributed by atoms with Crippen molar-refractivity contribution in [3.05, 3.63) is 41.4 Å². The Kier molecular flexibility index (Phi) is 4.73. The molecule has 1 aromatic carbocycles. The molecule has 22 heavy (non-hydrogen) atoms. The summed E-state index contributed by atoms with van der Waals surface area (Å²) >= 11 is 1.42. The molecule has 0 bridgehead atoms. The molecule has 1 fully saturated rings. The van der Waals surface area contributed by atoms with Crippen LogP contribution in [0, 0.1) is 5.92 Å². The first kappa shape index (κ1) is 15.0. The van der Waals surface area contributed by atoms with Crippen LogP contribution in [0.15, 0.2) is 35.8 Å². The van der Waals surface area contributed by atoms with Crippen molar-refractivity contribution in [1.82, 2.24) is 4.98 Å². The average molecular weight is 316 g/mol. The molecule has 1 aromatic heterocycles. The lowest BCUT2D eigenvalue weighted by Gasteiger charge is -2.20. The molecule has 1 aliphatic carbocycles. The Morgan fingerprint density at radius 3 is 2.91 bits per heavy atom. The fourth-order valence-electron chi connectivity index (χ4n) is 3.19. The molecule has 1 atom stereocenters. The van der Waals surface area contributed by atoms with Crippen LogP contribution >= 0.6 is 11.3 Å². The normalized spacial score (nSPS) is 16.5. The van der Waals surface area contributed by atoms with Crippen LogP contribution in [0.4, 0.5) is 5.13 Å². The van der Waals surface area contributed by atoms with Crippen LogP contribution in [0.25, 0.3) is 0 Å². The Morgan fingerprint density at radius 1 is 1.41 bits per heavy atom. The first-order chi connectivity index (χ1) is 10.7. The zero-order valence-electron chi connectivity index (χ0n) is 12.4. The summed E-state index contributed by atoms with van der Waals surface area (Å²) in [4.78, 5) is 16.8. The quantitative estimate of drug-likeness (QED) is 0.871. The summed E-state index contributed by atoms with van der Waals surface area (Å²) in [5, 5.41) is 15.1. The number of aromatic nitrogens is 1. The number of aromatic hydroxyl groups is 1. The molecule has 1 unspecified atom stereocenters. The zero-order valence-corrected chi connectivity index (χ0v) is 13.2. The molecule has 5 heteroatoms. The molecule has 1 saturated carbocycles. The number of nitrogens with zero attached hydrogens (tertiary/aromatic N) is 1. The molecule has 1 amide bonds. The summed E-state index contributed by atoms with van der Waals surface area (Å²) in [5.74, 6) is 0.525. The van der Waals surface area contributed by atoms with Gasteiger partial charge in [-0.15, -0.1) is 11.3 Å². The molecule has 1 heterocycles. The number of carbonyl (C=O) groups excluding carboxylic acids is 1. The maximum absolute atomic E-state index is 12.7. The van der Waals surface area contributed by atoms with Gasteiger partial charge in [-0.05, 0) is 30.0 Å². The van der Waals surface area contributed by atoms with Crippen LogP contribution < -0.4 is 5.32 Å². The van der Waals surface area contributed by atoms with Crippen LogP contribution in [-0.2, 0) is 4.79 Å². The third-order valence-corrected chi connectivity index (χ3v) is 4.98. The van der Waals surface area contributed by atoms with Gasteiger partial charge in [0.15, 0.2) is 5.13 Å². The van der Waals surface area contributed by atoms with Gasteiger partial charge in [0, 0.05) is 11.6 Å². The highest BCUT2D eigenvalue weighted by molar-refractivity contribution is 7.13. The number of benzene rings is 1. The third kappa shape index (κ3) is 3.65. The number of anilines is 1. The monoisotopic (exact) mass is 316 g/mol. The second-order valence-corrected chi connectivity index (χ2v) is 6.75. The van der Waals surface area contributed by atoms with Gasteiger partial charge in [0.25, 0.3) is 0 Å². The summed E-state index contributed by atoms with van der Waals surface area (Å²) in [7, 11) is 0. The Morgan fingerprint density at radius 2 is 2.23 bits per heavy atom. The van der Waals surface area contributed by atoms with E-state index in [0.717, 1.165) is 12.0 Å². The van der Waals surface area contributed by atoms with E-state index in [1.165, 1.54) is 37.0 Å². The lowest BCUT2D eigenvalue weighted by atomic mass is 9.87. The van der Waals surface area contributed by atoms with Crippen molar-refractivity contribution in [2.24, 2.45) is 5.92 Å². The van der Waals surface area contributed by atoms with E-state index < -0.39 is 0 Å². The number of hydrogen-bond donors (Lipinski definition) is 2. The van der Waals surface area contributed by atoms with Crippen molar-refractivity contribution in [3.63, 3.8) is 0 Å². The molecular weight excluding hydrogens is 296 g/mol. The van der Waals surface area contributed by atoms with Crippen LogP contribution in [-0.4, -0.2) is 16.0 Å². The lowest BCUT2D eigenvalue weighted by Crippen LogP contribution is -2.23. The summed E-state index contributed by atoms with van der Waals surface area (Å²) in [6.45, 7) is 0. The highest BCUT2D eigenvalue weighted by Gasteiger charge is 2.27. The van der Waals surface area contributed by atoms with E-state index in [-0.39, 0.29) is 17.6 Å². The van der Waals surface area contributed by atoms with Crippen molar-refractivity contribution in [2.75, 3.05) is 5.32 Å². The number of thiazole rings is 1. The van der Waals surface area contributed by atoms with Gasteiger partial charge < -0.3 is 10.4 Å². The van der Waals surface area contributed by atoms with E-state index in [4.69, 9.17) is 0 Å². The van der Waals surface area contributed by atoms with Crippen molar-refractivity contribution in [1.29, 1.82) is 0 Å². The summed E-state index contributed by atoms with van der Waals surface area (Å²) in [6, 6.07) is 7.04. The SMILES string of the molecule is O=C(Nc1nccs1)C(CC1CCCC1)c1cccc(O)c1. The Hall–Kier alpha value is -1.88. The molecule has 3 rings (SSSR count). The van der Waals surface area contributed by atoms with E-state index in [1.54, 1.807) is 24.4 Å². The van der Waals surface area contributed by atoms with Gasteiger partial charge in [-0.3, -0.25) is 4.79 Å². The molecular formula is C17H20N2O2S. The maximum Gasteiger partial charge on any atom is 0.233 e. The smallest absolute Gasteiger partial charge is 0.233 e. The number of phenols is 1. The van der Waals surface area contributed by atoms with E-state index in [9.17, 15) is 9.90 Å². The second-order valence-electron chi connectivity index (χ2n) is 5.86. The van der Waals surface area contributed by atoms with Crippen LogP contribution in [0.5, 0.6) is 5.75 Å². The van der Waals surface area contributed by atoms with Gasteiger partial charge in [-0.25, -0.2) is 4.98 Å². The van der Waals surface area contributed by atoms with Crippen molar-refractivity contribution in [3.8, 4) is 5.75 Å². The van der Waals surface area contributed by atoms with E-state index in [2.05, 4.69) is 10.3 Å². The first-order valence-corrected chi connectivity index (χ1v) is 8.59. The third-order valence-electron chi connectivity index (χ3n) is 4.30. The van der Waals surface area contributed by atoms with Gasteiger partial charge in [0.2, 0.25) is 5.91 Å². The molecule has 0 aliphatic heterocycles. The van der Waals surface area contributed by atoms with Gasteiger partial charge in [0.05, 0.1) is 5.92 Å². The fraction of sp³-hybridized carbons (Fsp3) is 0.412. The largest absolute Gasteiger partial charge is 0.508 e. The van der Waals surface area contributed by atoms with Crippen molar-refractivity contribution in [2.45, 2.75) is 38.0 Å². The number of rotatable bonds is 5. The molecule has 2 aromatic rings. The predicted molar refractivity (Wildman–Crippen MR) is 88.2 cm³/mol. The predicted octanol–water partition coefficient (Wildman–Crippen LogP) is 4.15. The number of nitrogens with one attached hydrogen (secondary N) is 1. The maximum atomic E-state index is 12.7. The van der Waals surface area contributed by atoms with Gasteiger partial charge >= 0.3 is 0 Å². The van der Waals surface area contributed by atoms with Gasteiger partial charge in [-0.2, -0.15) is 0 Å². The minimum atomic E-state index is -0.237. The molecule has 0 spiro atoms. The first-order valence-electron chi connectivity index (χ1n) is 7.71. The van der Waals surface area contributed by atoms with E-state index >= 15 is 0 Å². The van der Waals surface area contributed by atoms with Crippen molar-refractivity contribution < 1.29 is 9.90 Å². The number of phenolic OH excluding ortho intramolecular Hbond substituents is 1. The number of amides is 1. The Bertz CT molecular complexity index is 621. The second kappa shape index (κ2) is 6.92. The number of carbonyl (C=O) groups is 1. The summed E-state index contributed by atoms with van der Waals surface area (Å²) < 4.78 is 0. The Labute approximate surface area is 134 Å². The average Bonchev–Trinajstić information content (AvgIpc) is 3.18. The lowest BCUT2D eigenvalue weighted by molar-refractivity contribution is -0.118. The summed E-state index contributed by atoms with van der Waals surface area (Å²) in [5.41, 5.74) is 0.876. The van der Waals surface area contributed by atoms with Crippen LogP contribution in [0.2, 0.25) is 0 Å². The van der Waals surface area contributed by atoms with E-state index in [0.29, 0.717) is 11.0 Å². The molecule has 116 valence electrons. The molecule has 0 radical (unpaired) electrons. The summed E-state index contributed by atoms with van der Waals surface area (Å²) in [6.07, 6.45) is 7.41. The highest BCUT2D eigenvalue weighted by atomic mass is 32.1. The minimum absolute atomic E-state index is 0.0348. The minimum Gasteiger partial charge on any atom is -0.508 e. The van der Waals surface area contributed by atoms with E-state index in [1.807, 2.05) is 11.4 Å². The highest BCUT2D eigenvalue weighted by Crippen LogP contribution is 2.35. The molecule has 0 saturated heterocycles. The Balaban J connectivity index is 1.79. The van der Waals surface area contributed by atoms with Gasteiger partial charge in [-0.1, -0.05) is 37.8 Å². The molecule has 2 N–H and O–H groups in total. The van der Waals surface area contributed by atoms with Crippen molar-refractivity contribution >= 4 is 22.4 Å².